The molecule has 5 rings (SSSR count). The largest absolute Gasteiger partial charge is 0.496 e. The summed E-state index contributed by atoms with van der Waals surface area (Å²) in [5.41, 5.74) is 3.62. The van der Waals surface area contributed by atoms with Crippen molar-refractivity contribution in [2.75, 3.05) is 34.3 Å². The van der Waals surface area contributed by atoms with Gasteiger partial charge in [0.25, 0.3) is 11.8 Å². The van der Waals surface area contributed by atoms with Crippen molar-refractivity contribution in [1.82, 2.24) is 15.2 Å². The number of hydrogen-bond donors (Lipinski definition) is 1. The van der Waals surface area contributed by atoms with Gasteiger partial charge in [0.05, 0.1) is 24.8 Å². The van der Waals surface area contributed by atoms with Crippen LogP contribution in [0.5, 0.6) is 11.5 Å². The van der Waals surface area contributed by atoms with Crippen LogP contribution in [-0.2, 0) is 0 Å². The highest BCUT2D eigenvalue weighted by atomic mass is 19.3. The third kappa shape index (κ3) is 5.01. The van der Waals surface area contributed by atoms with Crippen LogP contribution < -0.4 is 14.8 Å². The van der Waals surface area contributed by atoms with Crippen LogP contribution >= 0.6 is 0 Å². The number of nitriles is 1. The fourth-order valence-electron chi connectivity index (χ4n) is 4.58. The number of amides is 1. The maximum absolute atomic E-state index is 14.3. The zero-order chi connectivity index (χ0) is 27.7. The molecule has 39 heavy (non-hydrogen) atoms. The third-order valence-corrected chi connectivity index (χ3v) is 6.63. The van der Waals surface area contributed by atoms with Gasteiger partial charge in [-0.25, -0.2) is 8.78 Å². The summed E-state index contributed by atoms with van der Waals surface area (Å²) >= 11 is 0. The lowest BCUT2D eigenvalue weighted by atomic mass is 10.0. The van der Waals surface area contributed by atoms with E-state index in [1.54, 1.807) is 62.8 Å². The van der Waals surface area contributed by atoms with Crippen LogP contribution in [0.15, 0.2) is 59.1 Å². The fourth-order valence-corrected chi connectivity index (χ4v) is 4.58. The molecule has 1 N–H and O–H groups in total. The highest BCUT2D eigenvalue weighted by Crippen LogP contribution is 2.39. The van der Waals surface area contributed by atoms with Crippen molar-refractivity contribution in [1.29, 1.82) is 5.26 Å². The minimum atomic E-state index is -3.04. The number of hydrogen-bond acceptors (Lipinski definition) is 7. The van der Waals surface area contributed by atoms with Gasteiger partial charge in [0.2, 0.25) is 0 Å². The molecule has 1 fully saturated rings. The summed E-state index contributed by atoms with van der Waals surface area (Å²) in [5.74, 6) is -2.14. The van der Waals surface area contributed by atoms with E-state index in [0.29, 0.717) is 51.4 Å². The normalized spacial score (nSPS) is 16.5. The van der Waals surface area contributed by atoms with Crippen LogP contribution in [0.1, 0.15) is 22.3 Å². The molecule has 1 atom stereocenters. The molecule has 0 aliphatic carbocycles. The number of rotatable bonds is 6. The van der Waals surface area contributed by atoms with Crippen LogP contribution in [0.3, 0.4) is 0 Å². The smallest absolute Gasteiger partial charge is 0.296 e. The fraction of sp³-hybridized carbons (Fsp3) is 0.276. The van der Waals surface area contributed by atoms with E-state index in [0.717, 1.165) is 0 Å². The van der Waals surface area contributed by atoms with E-state index >= 15 is 0 Å². The second-order valence-corrected chi connectivity index (χ2v) is 9.45. The molecule has 1 aliphatic rings. The molecule has 3 heterocycles. The molecular formula is C29H26F2N4O4. The first-order chi connectivity index (χ1) is 18.7. The van der Waals surface area contributed by atoms with Gasteiger partial charge in [-0.2, -0.15) is 5.26 Å². The van der Waals surface area contributed by atoms with Gasteiger partial charge in [-0.05, 0) is 48.5 Å². The summed E-state index contributed by atoms with van der Waals surface area (Å²) < 4.78 is 45.9. The Hall–Kier alpha value is -4.49. The molecule has 0 saturated carbocycles. The Labute approximate surface area is 223 Å². The summed E-state index contributed by atoms with van der Waals surface area (Å²) in [6.45, 7) is -0.0531. The third-order valence-electron chi connectivity index (χ3n) is 6.63. The topological polar surface area (TPSA) is 101 Å². The van der Waals surface area contributed by atoms with E-state index in [1.165, 1.54) is 18.1 Å². The predicted octanol–water partition coefficient (Wildman–Crippen LogP) is 5.12. The highest BCUT2D eigenvalue weighted by molar-refractivity contribution is 5.96. The first kappa shape index (κ1) is 26.1. The molecule has 10 heteroatoms. The number of methoxy groups -OCH3 is 1. The molecule has 0 bridgehead atoms. The summed E-state index contributed by atoms with van der Waals surface area (Å²) in [6, 6.07) is 15.5. The summed E-state index contributed by atoms with van der Waals surface area (Å²) in [7, 11) is 4.87. The maximum Gasteiger partial charge on any atom is 0.296 e. The van der Waals surface area contributed by atoms with Crippen molar-refractivity contribution in [3.8, 4) is 40.0 Å². The van der Waals surface area contributed by atoms with E-state index in [4.69, 9.17) is 13.9 Å². The Bertz CT molecular complexity index is 1590. The number of nitrogens with zero attached hydrogens (tertiary/aromatic N) is 3. The Kier molecular flexibility index (Phi) is 6.93. The van der Waals surface area contributed by atoms with E-state index in [9.17, 15) is 18.8 Å². The second-order valence-electron chi connectivity index (χ2n) is 9.45. The number of carbonyl (C=O) groups is 1. The molecule has 1 amide bonds. The van der Waals surface area contributed by atoms with Gasteiger partial charge in [0.1, 0.15) is 28.8 Å². The lowest BCUT2D eigenvalue weighted by Crippen LogP contribution is -2.52. The van der Waals surface area contributed by atoms with Crippen molar-refractivity contribution in [2.45, 2.75) is 18.4 Å². The van der Waals surface area contributed by atoms with E-state index in [1.807, 2.05) is 0 Å². The van der Waals surface area contributed by atoms with Gasteiger partial charge in [-0.15, -0.1) is 0 Å². The molecule has 1 saturated heterocycles. The Balaban J connectivity index is 1.51. The van der Waals surface area contributed by atoms with Crippen molar-refractivity contribution in [3.05, 3.63) is 65.9 Å². The summed E-state index contributed by atoms with van der Waals surface area (Å²) in [5, 5.41) is 12.4. The lowest BCUT2D eigenvalue weighted by molar-refractivity contribution is -0.109. The number of pyridine rings is 1. The molecular weight excluding hydrogens is 506 g/mol. The average molecular weight is 533 g/mol. The van der Waals surface area contributed by atoms with Crippen molar-refractivity contribution < 1.29 is 27.5 Å². The summed E-state index contributed by atoms with van der Waals surface area (Å²) in [4.78, 5) is 18.3. The van der Waals surface area contributed by atoms with Crippen molar-refractivity contribution in [3.63, 3.8) is 0 Å². The van der Waals surface area contributed by atoms with E-state index in [-0.39, 0.29) is 23.6 Å². The van der Waals surface area contributed by atoms with Gasteiger partial charge in [0.15, 0.2) is 11.7 Å². The molecule has 2 aromatic heterocycles. The van der Waals surface area contributed by atoms with Gasteiger partial charge < -0.3 is 24.1 Å². The number of aromatic nitrogens is 1. The molecule has 200 valence electrons. The minimum Gasteiger partial charge on any atom is -0.496 e. The van der Waals surface area contributed by atoms with Gasteiger partial charge in [-0.3, -0.25) is 9.78 Å². The van der Waals surface area contributed by atoms with Crippen LogP contribution in [0.4, 0.5) is 8.78 Å². The number of benzene rings is 2. The average Bonchev–Trinajstić information content (AvgIpc) is 3.38. The molecule has 1 unspecified atom stereocenters. The molecule has 0 radical (unpaired) electrons. The number of halogens is 2. The first-order valence-electron chi connectivity index (χ1n) is 12.3. The molecule has 4 aromatic rings. The molecule has 1 aliphatic heterocycles. The van der Waals surface area contributed by atoms with Crippen LogP contribution in [0.2, 0.25) is 0 Å². The lowest BCUT2D eigenvalue weighted by Gasteiger charge is -2.32. The number of piperidine rings is 1. The standard InChI is InChI=1S/C29H26F2N4O4/c1-35(2)28(36)18-4-6-21(24(13-18)37-3)25-14-22-27(39-25)20(8-11-34-22)17-5-7-23(19(12-17)15-32)38-26-9-10-33-16-29(26,30)31/h4-8,11-14,26,33H,9-10,16H2,1-3H3. The number of ether oxygens (including phenoxy) is 2. The van der Waals surface area contributed by atoms with Gasteiger partial charge in [-0.1, -0.05) is 6.07 Å². The summed E-state index contributed by atoms with van der Waals surface area (Å²) in [6.07, 6.45) is 0.443. The monoisotopic (exact) mass is 532 g/mol. The maximum atomic E-state index is 14.3. The van der Waals surface area contributed by atoms with E-state index < -0.39 is 18.6 Å². The number of nitrogens with one attached hydrogen (secondary N) is 1. The minimum absolute atomic E-state index is 0.107. The van der Waals surface area contributed by atoms with E-state index in [2.05, 4.69) is 16.4 Å². The van der Waals surface area contributed by atoms with Crippen LogP contribution in [0, 0.1) is 11.3 Å². The van der Waals surface area contributed by atoms with Crippen molar-refractivity contribution >= 4 is 17.0 Å². The number of carbonyl (C=O) groups excluding carboxylic acids is 1. The Morgan fingerprint density at radius 1 is 1.15 bits per heavy atom. The van der Waals surface area contributed by atoms with Crippen molar-refractivity contribution in [2.24, 2.45) is 0 Å². The zero-order valence-electron chi connectivity index (χ0n) is 21.6. The number of furan rings is 1. The predicted molar refractivity (Wildman–Crippen MR) is 141 cm³/mol. The van der Waals surface area contributed by atoms with Crippen LogP contribution in [0.25, 0.3) is 33.6 Å². The Morgan fingerprint density at radius 2 is 1.97 bits per heavy atom. The number of alkyl halides is 2. The number of fused-ring (bicyclic) bond motifs is 1. The molecule has 0 spiro atoms. The highest BCUT2D eigenvalue weighted by Gasteiger charge is 2.43. The quantitative estimate of drug-likeness (QED) is 0.368. The van der Waals surface area contributed by atoms with Crippen LogP contribution in [-0.4, -0.2) is 62.1 Å². The Morgan fingerprint density at radius 3 is 2.69 bits per heavy atom. The molecule has 8 nitrogen and oxygen atoms in total. The molecule has 2 aromatic carbocycles. The van der Waals surface area contributed by atoms with Gasteiger partial charge >= 0.3 is 0 Å². The zero-order valence-corrected chi connectivity index (χ0v) is 21.6. The second kappa shape index (κ2) is 10.3. The first-order valence-corrected chi connectivity index (χ1v) is 12.3. The SMILES string of the molecule is COc1cc(C(=O)N(C)C)ccc1-c1cc2nccc(-c3ccc(OC4CCNCC4(F)F)c(C#N)c3)c2o1. The van der Waals surface area contributed by atoms with Gasteiger partial charge in [0, 0.05) is 43.9 Å².